The Hall–Kier alpha value is -3.93. The highest BCUT2D eigenvalue weighted by Crippen LogP contribution is 2.17. The Morgan fingerprint density at radius 2 is 0.481 bits per heavy atom. The highest BCUT2D eigenvalue weighted by Gasteiger charge is 2.19. The monoisotopic (exact) mass is 1120 g/mol. The van der Waals surface area contributed by atoms with Crippen molar-refractivity contribution in [3.63, 3.8) is 0 Å². The van der Waals surface area contributed by atoms with Crippen LogP contribution in [0.1, 0.15) is 329 Å². The van der Waals surface area contributed by atoms with Gasteiger partial charge < -0.3 is 14.2 Å². The third-order valence-electron chi connectivity index (χ3n) is 14.7. The predicted octanol–water partition coefficient (Wildman–Crippen LogP) is 23.8. The molecule has 0 bridgehead atoms. The number of hydrogen-bond donors (Lipinski definition) is 0. The van der Waals surface area contributed by atoms with Crippen LogP contribution in [0.3, 0.4) is 0 Å². The summed E-state index contributed by atoms with van der Waals surface area (Å²) in [6.07, 6.45) is 94.1. The molecule has 0 spiro atoms. The first-order chi connectivity index (χ1) is 40.0. The lowest BCUT2D eigenvalue weighted by Crippen LogP contribution is -2.30. The zero-order chi connectivity index (χ0) is 58.5. The Morgan fingerprint density at radius 1 is 0.259 bits per heavy atom. The first kappa shape index (κ1) is 77.1. The van der Waals surface area contributed by atoms with E-state index in [0.717, 1.165) is 122 Å². The molecule has 0 radical (unpaired) electrons. The van der Waals surface area contributed by atoms with Crippen LogP contribution in [0.5, 0.6) is 0 Å². The normalized spacial score (nSPS) is 12.8. The van der Waals surface area contributed by atoms with Crippen LogP contribution >= 0.6 is 0 Å². The lowest BCUT2D eigenvalue weighted by Gasteiger charge is -2.18. The summed E-state index contributed by atoms with van der Waals surface area (Å²) in [4.78, 5) is 38.4. The molecule has 0 aliphatic carbocycles. The van der Waals surface area contributed by atoms with Crippen LogP contribution in [0.15, 0.2) is 109 Å². The second-order valence-corrected chi connectivity index (χ2v) is 22.7. The maximum atomic E-state index is 12.9. The molecular formula is C75H128O6. The van der Waals surface area contributed by atoms with Crippen molar-refractivity contribution < 1.29 is 28.6 Å². The van der Waals surface area contributed by atoms with Crippen LogP contribution in [0.25, 0.3) is 0 Å². The minimum absolute atomic E-state index is 0.0899. The first-order valence-electron chi connectivity index (χ1n) is 34.4. The van der Waals surface area contributed by atoms with Crippen molar-refractivity contribution in [2.75, 3.05) is 13.2 Å². The Kier molecular flexibility index (Phi) is 65.2. The zero-order valence-corrected chi connectivity index (χ0v) is 53.3. The molecule has 464 valence electrons. The molecule has 81 heavy (non-hydrogen) atoms. The predicted molar refractivity (Wildman–Crippen MR) is 353 cm³/mol. The van der Waals surface area contributed by atoms with E-state index >= 15 is 0 Å². The van der Waals surface area contributed by atoms with Gasteiger partial charge in [-0.2, -0.15) is 0 Å². The molecule has 6 heteroatoms. The quantitative estimate of drug-likeness (QED) is 0.0261. The Morgan fingerprint density at radius 3 is 0.765 bits per heavy atom. The van der Waals surface area contributed by atoms with Gasteiger partial charge in [-0.05, 0) is 122 Å². The maximum absolute atomic E-state index is 12.9. The molecule has 0 aromatic rings. The van der Waals surface area contributed by atoms with Gasteiger partial charge >= 0.3 is 17.9 Å². The Bertz CT molecular complexity index is 1620. The van der Waals surface area contributed by atoms with Gasteiger partial charge in [0.05, 0.1) is 0 Å². The lowest BCUT2D eigenvalue weighted by atomic mass is 10.0. The van der Waals surface area contributed by atoms with Gasteiger partial charge in [0.25, 0.3) is 0 Å². The second kappa shape index (κ2) is 68.6. The smallest absolute Gasteiger partial charge is 0.306 e. The summed E-state index contributed by atoms with van der Waals surface area (Å²) in [6.45, 7) is 6.40. The molecule has 0 aromatic heterocycles. The fraction of sp³-hybridized carbons (Fsp3) is 0.720. The number of carbonyl (C=O) groups excluding carboxylic acids is 3. The van der Waals surface area contributed by atoms with Crippen molar-refractivity contribution in [2.45, 2.75) is 335 Å². The number of esters is 3. The Balaban J connectivity index is 4.27. The summed E-state index contributed by atoms with van der Waals surface area (Å²) >= 11 is 0. The van der Waals surface area contributed by atoms with Crippen molar-refractivity contribution in [1.29, 1.82) is 0 Å². The summed E-state index contributed by atoms with van der Waals surface area (Å²) in [5.41, 5.74) is 0. The molecule has 0 heterocycles. The standard InChI is InChI=1S/C75H128O6/c1-4-7-10-13-16-19-22-25-27-29-31-33-34-35-36-37-38-39-40-42-43-45-47-50-53-56-59-62-65-68-74(77)80-71-72(70-79-73(76)67-64-61-58-55-52-49-24-21-18-15-12-9-6-3)81-75(78)69-66-63-60-57-54-51-48-46-44-41-32-30-28-26-23-20-17-14-11-8-5-2/h8-9,11-12,17-18,20-22,25-26,28-29,31-32,41,49,52,72H,4-7,10,13-16,19,23-24,27,30,33-40,42-48,50-51,53-71H2,1-3H3/b11-8-,12-9-,20-17-,21-18-,25-22-,28-26-,31-29-,41-32-,52-49-. The van der Waals surface area contributed by atoms with Gasteiger partial charge in [0, 0.05) is 19.3 Å². The summed E-state index contributed by atoms with van der Waals surface area (Å²) in [6, 6.07) is 0. The van der Waals surface area contributed by atoms with Crippen molar-refractivity contribution >= 4 is 17.9 Å². The minimum atomic E-state index is -0.797. The Labute approximate surface area is 501 Å². The molecule has 0 fully saturated rings. The fourth-order valence-corrected chi connectivity index (χ4v) is 9.66. The van der Waals surface area contributed by atoms with Crippen LogP contribution in [-0.4, -0.2) is 37.2 Å². The van der Waals surface area contributed by atoms with Gasteiger partial charge in [-0.15, -0.1) is 0 Å². The van der Waals surface area contributed by atoms with Gasteiger partial charge in [0.1, 0.15) is 13.2 Å². The number of ether oxygens (including phenoxy) is 3. The SMILES string of the molecule is CC/C=C\C/C=C\C/C=C\C/C=C\CCCCCCCCCCC(=O)OC(COC(=O)CCCCC/C=C\C/C=C\C/C=C\CC)COC(=O)CCCCCCCCCCCCCCCCCCC/C=C\C/C=C\CCCCCCC. The van der Waals surface area contributed by atoms with Crippen molar-refractivity contribution in [1.82, 2.24) is 0 Å². The molecule has 0 aromatic carbocycles. The summed E-state index contributed by atoms with van der Waals surface area (Å²) in [5.74, 6) is -0.918. The molecular weight excluding hydrogens is 997 g/mol. The third-order valence-corrected chi connectivity index (χ3v) is 14.7. The van der Waals surface area contributed by atoms with E-state index in [1.165, 1.54) is 167 Å². The molecule has 0 rings (SSSR count). The van der Waals surface area contributed by atoms with E-state index in [1.54, 1.807) is 0 Å². The van der Waals surface area contributed by atoms with Gasteiger partial charge in [0.2, 0.25) is 0 Å². The van der Waals surface area contributed by atoms with E-state index in [9.17, 15) is 14.4 Å². The third kappa shape index (κ3) is 66.8. The van der Waals surface area contributed by atoms with E-state index in [1.807, 2.05) is 0 Å². The largest absolute Gasteiger partial charge is 0.462 e. The number of unbranched alkanes of at least 4 members (excludes halogenated alkanes) is 33. The molecule has 1 unspecified atom stereocenters. The van der Waals surface area contributed by atoms with Gasteiger partial charge in [0.15, 0.2) is 6.10 Å². The van der Waals surface area contributed by atoms with Crippen LogP contribution < -0.4 is 0 Å². The van der Waals surface area contributed by atoms with Crippen LogP contribution in [0, 0.1) is 0 Å². The average Bonchev–Trinajstić information content (AvgIpc) is 3.46. The van der Waals surface area contributed by atoms with E-state index in [0.29, 0.717) is 19.3 Å². The highest BCUT2D eigenvalue weighted by molar-refractivity contribution is 5.71. The van der Waals surface area contributed by atoms with Crippen LogP contribution in [0.2, 0.25) is 0 Å². The summed E-state index contributed by atoms with van der Waals surface area (Å²) < 4.78 is 16.9. The molecule has 0 aliphatic heterocycles. The van der Waals surface area contributed by atoms with Crippen LogP contribution in [0.4, 0.5) is 0 Å². The first-order valence-corrected chi connectivity index (χ1v) is 34.4. The number of rotatable bonds is 62. The highest BCUT2D eigenvalue weighted by atomic mass is 16.6. The molecule has 0 aliphatic rings. The van der Waals surface area contributed by atoms with Crippen molar-refractivity contribution in [3.05, 3.63) is 109 Å². The molecule has 0 saturated heterocycles. The molecule has 6 nitrogen and oxygen atoms in total. The topological polar surface area (TPSA) is 78.9 Å². The van der Waals surface area contributed by atoms with Gasteiger partial charge in [-0.1, -0.05) is 297 Å². The minimum Gasteiger partial charge on any atom is -0.462 e. The number of allylic oxidation sites excluding steroid dienone is 18. The number of hydrogen-bond acceptors (Lipinski definition) is 6. The van der Waals surface area contributed by atoms with E-state index < -0.39 is 6.10 Å². The molecule has 0 saturated carbocycles. The van der Waals surface area contributed by atoms with Crippen LogP contribution in [-0.2, 0) is 28.6 Å². The number of carbonyl (C=O) groups is 3. The van der Waals surface area contributed by atoms with E-state index in [2.05, 4.69) is 130 Å². The zero-order valence-electron chi connectivity index (χ0n) is 53.3. The molecule has 0 amide bonds. The molecule has 1 atom stereocenters. The fourth-order valence-electron chi connectivity index (χ4n) is 9.66. The lowest BCUT2D eigenvalue weighted by molar-refractivity contribution is -0.167. The van der Waals surface area contributed by atoms with Gasteiger partial charge in [-0.3, -0.25) is 14.4 Å². The van der Waals surface area contributed by atoms with E-state index in [4.69, 9.17) is 14.2 Å². The van der Waals surface area contributed by atoms with E-state index in [-0.39, 0.29) is 31.1 Å². The summed E-state index contributed by atoms with van der Waals surface area (Å²) in [5, 5.41) is 0. The average molecular weight is 1130 g/mol. The van der Waals surface area contributed by atoms with Crippen molar-refractivity contribution in [2.24, 2.45) is 0 Å². The summed E-state index contributed by atoms with van der Waals surface area (Å²) in [7, 11) is 0. The molecule has 0 N–H and O–H groups in total. The van der Waals surface area contributed by atoms with Gasteiger partial charge in [-0.25, -0.2) is 0 Å². The van der Waals surface area contributed by atoms with Crippen molar-refractivity contribution in [3.8, 4) is 0 Å². The maximum Gasteiger partial charge on any atom is 0.306 e. The second-order valence-electron chi connectivity index (χ2n) is 22.7.